The number of cyclic esters (lactones) is 1. The van der Waals surface area contributed by atoms with Gasteiger partial charge in [-0.25, -0.2) is 4.79 Å². The molecule has 1 atom stereocenters. The first-order valence-corrected chi connectivity index (χ1v) is 8.64. The van der Waals surface area contributed by atoms with Gasteiger partial charge in [0.1, 0.15) is 23.9 Å². The predicted molar refractivity (Wildman–Crippen MR) is 101 cm³/mol. The smallest absolute Gasteiger partial charge is 0.337 e. The van der Waals surface area contributed by atoms with Crippen LogP contribution in [-0.2, 0) is 9.53 Å². The highest BCUT2D eigenvalue weighted by molar-refractivity contribution is 5.97. The summed E-state index contributed by atoms with van der Waals surface area (Å²) < 4.78 is 21.8. The lowest BCUT2D eigenvalue weighted by Crippen LogP contribution is -2.20. The minimum Gasteiger partial charge on any atom is -0.497 e. The molecule has 2 aromatic rings. The molecule has 0 spiro atoms. The second kappa shape index (κ2) is 6.54. The van der Waals surface area contributed by atoms with E-state index < -0.39 is 0 Å². The number of carbonyl (C=O) groups excluding carboxylic acids is 1. The second-order valence-electron chi connectivity index (χ2n) is 6.60. The fourth-order valence-corrected chi connectivity index (χ4v) is 3.76. The first-order valence-electron chi connectivity index (χ1n) is 8.64. The summed E-state index contributed by atoms with van der Waals surface area (Å²) in [6.07, 6.45) is 0. The van der Waals surface area contributed by atoms with Gasteiger partial charge in [-0.15, -0.1) is 0 Å². The summed E-state index contributed by atoms with van der Waals surface area (Å²) in [6, 6.07) is 9.69. The summed E-state index contributed by atoms with van der Waals surface area (Å²) in [5.41, 5.74) is 5.13. The molecule has 2 aliphatic heterocycles. The lowest BCUT2D eigenvalue weighted by atomic mass is 9.80. The number of hydrogen-bond acceptors (Lipinski definition) is 6. The highest BCUT2D eigenvalue weighted by atomic mass is 16.5. The second-order valence-corrected chi connectivity index (χ2v) is 6.60. The number of carbonyl (C=O) groups is 1. The van der Waals surface area contributed by atoms with Gasteiger partial charge in [0.05, 0.1) is 38.3 Å². The molecular formula is C21H21NO5. The summed E-state index contributed by atoms with van der Waals surface area (Å²) >= 11 is 0. The van der Waals surface area contributed by atoms with Gasteiger partial charge in [-0.05, 0) is 41.8 Å². The molecule has 0 fully saturated rings. The SMILES string of the molecule is COc1cc(OC)cc(C2C3=C(COC3=O)Nc3c(OC)cc(C)cc32)c1. The number of rotatable bonds is 4. The number of aryl methyl sites for hydroxylation is 1. The molecule has 0 saturated heterocycles. The number of benzene rings is 2. The van der Waals surface area contributed by atoms with E-state index >= 15 is 0 Å². The molecule has 6 nitrogen and oxygen atoms in total. The van der Waals surface area contributed by atoms with E-state index in [1.165, 1.54) is 0 Å². The van der Waals surface area contributed by atoms with Crippen LogP contribution in [0.3, 0.4) is 0 Å². The van der Waals surface area contributed by atoms with Crippen molar-refractivity contribution >= 4 is 11.7 Å². The molecule has 1 unspecified atom stereocenters. The molecule has 0 saturated carbocycles. The summed E-state index contributed by atoms with van der Waals surface area (Å²) in [7, 11) is 4.85. The van der Waals surface area contributed by atoms with Gasteiger partial charge in [-0.1, -0.05) is 6.07 Å². The van der Waals surface area contributed by atoms with E-state index in [1.807, 2.05) is 31.2 Å². The lowest BCUT2D eigenvalue weighted by Gasteiger charge is -2.29. The zero-order valence-corrected chi connectivity index (χ0v) is 15.7. The van der Waals surface area contributed by atoms with Crippen molar-refractivity contribution in [2.24, 2.45) is 0 Å². The standard InChI is InChI=1S/C21H21NO5/c1-11-5-15-18(12-7-13(24-2)9-14(8-12)25-3)19-16(10-27-21(19)23)22-20(15)17(6-11)26-4/h5-9,18,22H,10H2,1-4H3. The maximum atomic E-state index is 12.5. The number of fused-ring (bicyclic) bond motifs is 1. The fraction of sp³-hybridized carbons (Fsp3) is 0.286. The number of ether oxygens (including phenoxy) is 4. The number of methoxy groups -OCH3 is 3. The van der Waals surface area contributed by atoms with Gasteiger partial charge in [-0.3, -0.25) is 0 Å². The van der Waals surface area contributed by atoms with Crippen LogP contribution in [0, 0.1) is 6.92 Å². The Labute approximate surface area is 157 Å². The molecule has 0 aromatic heterocycles. The van der Waals surface area contributed by atoms with Crippen molar-refractivity contribution in [1.82, 2.24) is 0 Å². The summed E-state index contributed by atoms with van der Waals surface area (Å²) in [4.78, 5) is 12.5. The van der Waals surface area contributed by atoms with Gasteiger partial charge < -0.3 is 24.3 Å². The fourth-order valence-electron chi connectivity index (χ4n) is 3.76. The molecule has 2 aromatic carbocycles. The molecular weight excluding hydrogens is 346 g/mol. The molecule has 1 N–H and O–H groups in total. The number of hydrogen-bond donors (Lipinski definition) is 1. The van der Waals surface area contributed by atoms with E-state index in [-0.39, 0.29) is 18.5 Å². The average Bonchev–Trinajstić information content (AvgIpc) is 3.05. The van der Waals surface area contributed by atoms with Gasteiger partial charge in [0, 0.05) is 12.0 Å². The van der Waals surface area contributed by atoms with Crippen molar-refractivity contribution in [1.29, 1.82) is 0 Å². The molecule has 0 radical (unpaired) electrons. The molecule has 2 heterocycles. The third kappa shape index (κ3) is 2.77. The van der Waals surface area contributed by atoms with Crippen LogP contribution < -0.4 is 19.5 Å². The van der Waals surface area contributed by atoms with Crippen LogP contribution in [0.5, 0.6) is 17.2 Å². The summed E-state index contributed by atoms with van der Waals surface area (Å²) in [5, 5.41) is 3.34. The molecule has 0 amide bonds. The van der Waals surface area contributed by atoms with Crippen LogP contribution in [0.4, 0.5) is 5.69 Å². The third-order valence-electron chi connectivity index (χ3n) is 4.97. The van der Waals surface area contributed by atoms with E-state index in [4.69, 9.17) is 18.9 Å². The van der Waals surface area contributed by atoms with Gasteiger partial charge >= 0.3 is 5.97 Å². The predicted octanol–water partition coefficient (Wildman–Crippen LogP) is 3.39. The van der Waals surface area contributed by atoms with Crippen LogP contribution in [0.1, 0.15) is 22.6 Å². The summed E-state index contributed by atoms with van der Waals surface area (Å²) in [5.74, 6) is 1.45. The van der Waals surface area contributed by atoms with Crippen molar-refractivity contribution in [3.63, 3.8) is 0 Å². The maximum Gasteiger partial charge on any atom is 0.337 e. The Morgan fingerprint density at radius 2 is 1.70 bits per heavy atom. The molecule has 140 valence electrons. The van der Waals surface area contributed by atoms with Crippen molar-refractivity contribution in [3.8, 4) is 17.2 Å². The average molecular weight is 367 g/mol. The quantitative estimate of drug-likeness (QED) is 0.836. The third-order valence-corrected chi connectivity index (χ3v) is 4.97. The van der Waals surface area contributed by atoms with Gasteiger partial charge in [0.2, 0.25) is 0 Å². The van der Waals surface area contributed by atoms with E-state index in [0.717, 1.165) is 33.8 Å². The Kier molecular flexibility index (Phi) is 4.18. The number of anilines is 1. The van der Waals surface area contributed by atoms with Crippen LogP contribution in [0.2, 0.25) is 0 Å². The van der Waals surface area contributed by atoms with Crippen molar-refractivity contribution in [3.05, 3.63) is 58.3 Å². The number of nitrogens with one attached hydrogen (secondary N) is 1. The van der Waals surface area contributed by atoms with Crippen molar-refractivity contribution in [2.45, 2.75) is 12.8 Å². The van der Waals surface area contributed by atoms with Gasteiger partial charge in [0.15, 0.2) is 0 Å². The van der Waals surface area contributed by atoms with E-state index in [1.54, 1.807) is 21.3 Å². The van der Waals surface area contributed by atoms with Crippen LogP contribution >= 0.6 is 0 Å². The monoisotopic (exact) mass is 367 g/mol. The lowest BCUT2D eigenvalue weighted by molar-refractivity contribution is -0.136. The van der Waals surface area contributed by atoms with Crippen molar-refractivity contribution in [2.75, 3.05) is 33.3 Å². The first kappa shape index (κ1) is 17.3. The normalized spacial score (nSPS) is 17.6. The first-order chi connectivity index (χ1) is 13.0. The molecule has 2 aliphatic rings. The zero-order valence-electron chi connectivity index (χ0n) is 15.7. The molecule has 0 bridgehead atoms. The Morgan fingerprint density at radius 3 is 2.33 bits per heavy atom. The minimum atomic E-state index is -0.310. The van der Waals surface area contributed by atoms with E-state index in [9.17, 15) is 4.79 Å². The molecule has 27 heavy (non-hydrogen) atoms. The summed E-state index contributed by atoms with van der Waals surface area (Å²) in [6.45, 7) is 2.23. The van der Waals surface area contributed by atoms with Crippen LogP contribution in [0.15, 0.2) is 41.6 Å². The Morgan fingerprint density at radius 1 is 1.00 bits per heavy atom. The van der Waals surface area contributed by atoms with E-state index in [2.05, 4.69) is 11.4 Å². The molecule has 4 rings (SSSR count). The Bertz CT molecular complexity index is 941. The topological polar surface area (TPSA) is 66.0 Å². The highest BCUT2D eigenvalue weighted by Crippen LogP contribution is 2.48. The molecule has 0 aliphatic carbocycles. The van der Waals surface area contributed by atoms with E-state index in [0.29, 0.717) is 17.1 Å². The Balaban J connectivity index is 1.98. The number of esters is 1. The van der Waals surface area contributed by atoms with Crippen LogP contribution in [-0.4, -0.2) is 33.9 Å². The van der Waals surface area contributed by atoms with Crippen LogP contribution in [0.25, 0.3) is 0 Å². The zero-order chi connectivity index (χ0) is 19.1. The van der Waals surface area contributed by atoms with Gasteiger partial charge in [-0.2, -0.15) is 0 Å². The van der Waals surface area contributed by atoms with Gasteiger partial charge in [0.25, 0.3) is 0 Å². The maximum absolute atomic E-state index is 12.5. The molecule has 6 heteroatoms. The van der Waals surface area contributed by atoms with Crippen molar-refractivity contribution < 1.29 is 23.7 Å². The highest BCUT2D eigenvalue weighted by Gasteiger charge is 2.39. The minimum absolute atomic E-state index is 0.224. The Hall–Kier alpha value is -3.15. The largest absolute Gasteiger partial charge is 0.497 e.